The first kappa shape index (κ1) is 36.5. The zero-order valence-electron chi connectivity index (χ0n) is 29.8. The van der Waals surface area contributed by atoms with Crippen LogP contribution < -0.4 is 5.32 Å². The molecule has 9 nitrogen and oxygen atoms in total. The fraction of sp³-hybridized carbons (Fsp3) is 0.390. The van der Waals surface area contributed by atoms with Gasteiger partial charge in [0.05, 0.1) is 12.5 Å². The van der Waals surface area contributed by atoms with Crippen LogP contribution in [0.3, 0.4) is 0 Å². The van der Waals surface area contributed by atoms with Crippen molar-refractivity contribution in [2.75, 3.05) is 19.8 Å². The van der Waals surface area contributed by atoms with Gasteiger partial charge in [-0.15, -0.1) is 0 Å². The molecule has 5 rings (SSSR count). The van der Waals surface area contributed by atoms with Crippen LogP contribution >= 0.6 is 0 Å². The molecular formula is C41H48N2O7. The maximum atomic E-state index is 14.7. The maximum Gasteiger partial charge on any atom is 0.407 e. The largest absolute Gasteiger partial charge is 0.460 e. The molecule has 0 bridgehead atoms. The molecule has 1 N–H and O–H groups in total. The van der Waals surface area contributed by atoms with Gasteiger partial charge in [-0.3, -0.25) is 9.59 Å². The zero-order valence-corrected chi connectivity index (χ0v) is 29.8. The quantitative estimate of drug-likeness (QED) is 0.108. The van der Waals surface area contributed by atoms with Crippen molar-refractivity contribution in [1.29, 1.82) is 0 Å². The number of carbonyl (C=O) groups excluding carboxylic acids is 3. The van der Waals surface area contributed by atoms with E-state index in [0.717, 1.165) is 38.6 Å². The molecule has 2 atom stereocenters. The van der Waals surface area contributed by atoms with Gasteiger partial charge >= 0.3 is 12.1 Å². The van der Waals surface area contributed by atoms with Gasteiger partial charge in [-0.25, -0.2) is 4.79 Å². The van der Waals surface area contributed by atoms with Crippen molar-refractivity contribution < 1.29 is 33.3 Å². The molecule has 0 aliphatic heterocycles. The van der Waals surface area contributed by atoms with Crippen molar-refractivity contribution in [3.05, 3.63) is 108 Å². The summed E-state index contributed by atoms with van der Waals surface area (Å²) in [6.07, 6.45) is -1.95. The summed E-state index contributed by atoms with van der Waals surface area (Å²) in [5.41, 5.74) is 4.44. The summed E-state index contributed by atoms with van der Waals surface area (Å²) >= 11 is 0. The third-order valence-corrected chi connectivity index (χ3v) is 8.78. The second-order valence-corrected chi connectivity index (χ2v) is 13.4. The maximum absolute atomic E-state index is 14.7. The SMILES string of the molecule is CCOC(OCC)[C@H](C)N(Cc1cccc2ccccc12)C(=O)C(CC(=O)OC(C)(C)C)NC(=O)OCC1c2ccccc2-c2ccccc21. The Morgan fingerprint density at radius 2 is 1.38 bits per heavy atom. The predicted molar refractivity (Wildman–Crippen MR) is 193 cm³/mol. The molecule has 4 aromatic carbocycles. The van der Waals surface area contributed by atoms with Crippen molar-refractivity contribution in [3.63, 3.8) is 0 Å². The first-order chi connectivity index (χ1) is 24.0. The van der Waals surface area contributed by atoms with Gasteiger partial charge in [-0.05, 0) is 80.1 Å². The van der Waals surface area contributed by atoms with Crippen LogP contribution in [0.15, 0.2) is 91.0 Å². The normalized spacial score (nSPS) is 13.7. The number of nitrogens with zero attached hydrogens (tertiary/aromatic N) is 1. The lowest BCUT2D eigenvalue weighted by atomic mass is 9.98. The molecule has 264 valence electrons. The van der Waals surface area contributed by atoms with Gasteiger partial charge in [0.1, 0.15) is 18.2 Å². The van der Waals surface area contributed by atoms with E-state index in [1.54, 1.807) is 25.7 Å². The van der Waals surface area contributed by atoms with Gasteiger partial charge < -0.3 is 29.2 Å². The molecule has 0 aromatic heterocycles. The molecule has 1 unspecified atom stereocenters. The Hall–Kier alpha value is -4.73. The lowest BCUT2D eigenvalue weighted by Crippen LogP contribution is -2.55. The Bertz CT molecular complexity index is 1740. The molecule has 1 aliphatic carbocycles. The van der Waals surface area contributed by atoms with Crippen LogP contribution in [0.1, 0.15) is 70.6 Å². The molecule has 0 spiro atoms. The van der Waals surface area contributed by atoms with Crippen molar-refractivity contribution in [1.82, 2.24) is 10.2 Å². The van der Waals surface area contributed by atoms with Crippen molar-refractivity contribution in [2.45, 2.75) is 84.4 Å². The fourth-order valence-electron chi connectivity index (χ4n) is 6.57. The van der Waals surface area contributed by atoms with E-state index < -0.39 is 48.4 Å². The highest BCUT2D eigenvalue weighted by Crippen LogP contribution is 2.44. The highest BCUT2D eigenvalue weighted by Gasteiger charge is 2.37. The molecule has 50 heavy (non-hydrogen) atoms. The lowest BCUT2D eigenvalue weighted by Gasteiger charge is -2.36. The highest BCUT2D eigenvalue weighted by atomic mass is 16.7. The van der Waals surface area contributed by atoms with E-state index in [0.29, 0.717) is 13.2 Å². The van der Waals surface area contributed by atoms with Gasteiger partial charge in [0, 0.05) is 25.7 Å². The van der Waals surface area contributed by atoms with E-state index in [4.69, 9.17) is 18.9 Å². The molecule has 0 radical (unpaired) electrons. The Labute approximate surface area is 294 Å². The summed E-state index contributed by atoms with van der Waals surface area (Å²) in [5.74, 6) is -1.29. The minimum Gasteiger partial charge on any atom is -0.460 e. The first-order valence-corrected chi connectivity index (χ1v) is 17.3. The van der Waals surface area contributed by atoms with E-state index >= 15 is 0 Å². The third-order valence-electron chi connectivity index (χ3n) is 8.78. The van der Waals surface area contributed by atoms with Gasteiger partial charge in [0.2, 0.25) is 5.91 Å². The number of carbonyl (C=O) groups is 3. The van der Waals surface area contributed by atoms with Crippen molar-refractivity contribution >= 4 is 28.7 Å². The molecule has 1 aliphatic rings. The van der Waals surface area contributed by atoms with Crippen LogP contribution in [-0.4, -0.2) is 66.7 Å². The monoisotopic (exact) mass is 680 g/mol. The highest BCUT2D eigenvalue weighted by molar-refractivity contribution is 5.91. The number of rotatable bonds is 14. The molecule has 4 aromatic rings. The number of ether oxygens (including phenoxy) is 4. The summed E-state index contributed by atoms with van der Waals surface area (Å²) in [4.78, 5) is 43.1. The van der Waals surface area contributed by atoms with Gasteiger partial charge in [0.15, 0.2) is 6.29 Å². The number of alkyl carbamates (subject to hydrolysis) is 1. The molecule has 0 heterocycles. The Balaban J connectivity index is 1.43. The zero-order chi connectivity index (χ0) is 35.8. The predicted octanol–water partition coefficient (Wildman–Crippen LogP) is 7.60. The number of fused-ring (bicyclic) bond motifs is 4. The van der Waals surface area contributed by atoms with Crippen LogP contribution in [0.4, 0.5) is 4.79 Å². The summed E-state index contributed by atoms with van der Waals surface area (Å²) in [6, 6.07) is 28.1. The summed E-state index contributed by atoms with van der Waals surface area (Å²) < 4.78 is 23.3. The van der Waals surface area contributed by atoms with Crippen molar-refractivity contribution in [3.8, 4) is 11.1 Å². The van der Waals surface area contributed by atoms with Gasteiger partial charge in [-0.1, -0.05) is 91.0 Å². The molecule has 0 saturated heterocycles. The van der Waals surface area contributed by atoms with E-state index in [-0.39, 0.29) is 19.1 Å². The van der Waals surface area contributed by atoms with Crippen LogP contribution in [0.5, 0.6) is 0 Å². The summed E-state index contributed by atoms with van der Waals surface area (Å²) in [6.45, 7) is 11.8. The van der Waals surface area contributed by atoms with Gasteiger partial charge in [-0.2, -0.15) is 0 Å². The summed E-state index contributed by atoms with van der Waals surface area (Å²) in [7, 11) is 0. The Morgan fingerprint density at radius 3 is 2.00 bits per heavy atom. The number of amides is 2. The van der Waals surface area contributed by atoms with Crippen molar-refractivity contribution in [2.24, 2.45) is 0 Å². The second-order valence-electron chi connectivity index (χ2n) is 13.4. The number of hydrogen-bond acceptors (Lipinski definition) is 7. The smallest absolute Gasteiger partial charge is 0.407 e. The van der Waals surface area contributed by atoms with E-state index in [1.165, 1.54) is 0 Å². The van der Waals surface area contributed by atoms with Crippen LogP contribution in [0, 0.1) is 0 Å². The molecule has 9 heteroatoms. The average Bonchev–Trinajstić information content (AvgIpc) is 3.41. The molecule has 2 amide bonds. The topological polar surface area (TPSA) is 103 Å². The van der Waals surface area contributed by atoms with E-state index in [2.05, 4.69) is 17.4 Å². The van der Waals surface area contributed by atoms with E-state index in [9.17, 15) is 14.4 Å². The van der Waals surface area contributed by atoms with Crippen LogP contribution in [-0.2, 0) is 35.1 Å². The van der Waals surface area contributed by atoms with Crippen LogP contribution in [0.25, 0.3) is 21.9 Å². The number of esters is 1. The minimum atomic E-state index is -1.29. The molecular weight excluding hydrogens is 632 g/mol. The van der Waals surface area contributed by atoms with Gasteiger partial charge in [0.25, 0.3) is 0 Å². The second kappa shape index (κ2) is 16.3. The summed E-state index contributed by atoms with van der Waals surface area (Å²) in [5, 5.41) is 4.74. The molecule has 0 saturated carbocycles. The number of hydrogen-bond donors (Lipinski definition) is 1. The number of benzene rings is 4. The Kier molecular flexibility index (Phi) is 11.9. The van der Waals surface area contributed by atoms with Crippen LogP contribution in [0.2, 0.25) is 0 Å². The fourth-order valence-corrected chi connectivity index (χ4v) is 6.57. The van der Waals surface area contributed by atoms with E-state index in [1.807, 2.05) is 99.6 Å². The minimum absolute atomic E-state index is 0.0556. The first-order valence-electron chi connectivity index (χ1n) is 17.3. The number of nitrogens with one attached hydrogen (secondary N) is 1. The standard InChI is InChI=1S/C41H48N2O7/c1-7-47-39(48-8-2)27(3)43(25-29-18-15-17-28-16-9-10-19-30(28)29)38(45)36(24-37(44)50-41(4,5)6)42-40(46)49-26-35-33-22-13-11-20-31(33)32-21-12-14-23-34(32)35/h9-23,27,35-36,39H,7-8,24-26H2,1-6H3,(H,42,46)/t27-,36?/m0/s1. The Morgan fingerprint density at radius 1 is 0.800 bits per heavy atom. The lowest BCUT2D eigenvalue weighted by molar-refractivity contribution is -0.180. The molecule has 0 fully saturated rings. The third kappa shape index (κ3) is 8.70. The average molecular weight is 681 g/mol.